The van der Waals surface area contributed by atoms with E-state index in [1.165, 1.54) is 0 Å². The number of hydrogen-bond acceptors (Lipinski definition) is 3. The number of ether oxygens (including phenoxy) is 2. The number of benzene rings is 2. The number of rotatable bonds is 6. The molecule has 0 heterocycles. The van der Waals surface area contributed by atoms with Gasteiger partial charge in [0.15, 0.2) is 6.10 Å². The van der Waals surface area contributed by atoms with Crippen molar-refractivity contribution in [1.29, 1.82) is 0 Å². The van der Waals surface area contributed by atoms with Crippen LogP contribution in [0.3, 0.4) is 0 Å². The molecular weight excluding hydrogens is 290 g/mol. The monoisotopic (exact) mass is 313 g/mol. The molecule has 0 aliphatic rings. The highest BCUT2D eigenvalue weighted by molar-refractivity contribution is 5.94. The molecular formula is C19H23NO3. The van der Waals surface area contributed by atoms with E-state index in [1.807, 2.05) is 69.3 Å². The van der Waals surface area contributed by atoms with E-state index in [1.54, 1.807) is 6.92 Å². The van der Waals surface area contributed by atoms with Crippen LogP contribution < -0.4 is 14.8 Å². The van der Waals surface area contributed by atoms with Crippen molar-refractivity contribution in [3.8, 4) is 11.5 Å². The van der Waals surface area contributed by atoms with Gasteiger partial charge in [-0.15, -0.1) is 0 Å². The summed E-state index contributed by atoms with van der Waals surface area (Å²) in [7, 11) is 0. The zero-order valence-electron chi connectivity index (χ0n) is 14.0. The molecule has 2 aromatic carbocycles. The molecule has 0 aromatic heterocycles. The number of amides is 1. The van der Waals surface area contributed by atoms with Crippen molar-refractivity contribution in [2.24, 2.45) is 0 Å². The smallest absolute Gasteiger partial charge is 0.265 e. The molecule has 23 heavy (non-hydrogen) atoms. The lowest BCUT2D eigenvalue weighted by atomic mass is 10.2. The fraction of sp³-hybridized carbons (Fsp3) is 0.316. The van der Waals surface area contributed by atoms with Gasteiger partial charge in [-0.3, -0.25) is 4.79 Å². The summed E-state index contributed by atoms with van der Waals surface area (Å²) in [6.07, 6.45) is -0.458. The van der Waals surface area contributed by atoms with Crippen molar-refractivity contribution >= 4 is 11.6 Å². The summed E-state index contributed by atoms with van der Waals surface area (Å²) in [4.78, 5) is 12.2. The van der Waals surface area contributed by atoms with E-state index in [9.17, 15) is 4.79 Å². The fourth-order valence-corrected chi connectivity index (χ4v) is 2.07. The summed E-state index contributed by atoms with van der Waals surface area (Å²) in [5.41, 5.74) is 1.72. The van der Waals surface area contributed by atoms with Crippen molar-refractivity contribution in [2.75, 3.05) is 5.32 Å². The number of aryl methyl sites for hydroxylation is 1. The molecule has 2 rings (SSSR count). The van der Waals surface area contributed by atoms with Gasteiger partial charge in [0.25, 0.3) is 5.91 Å². The van der Waals surface area contributed by atoms with Gasteiger partial charge in [-0.25, -0.2) is 0 Å². The summed E-state index contributed by atoms with van der Waals surface area (Å²) in [5, 5.41) is 2.84. The zero-order valence-corrected chi connectivity index (χ0v) is 14.0. The van der Waals surface area contributed by atoms with Crippen LogP contribution in [0.2, 0.25) is 0 Å². The Morgan fingerprint density at radius 3 is 2.22 bits per heavy atom. The Hall–Kier alpha value is -2.49. The Balaban J connectivity index is 1.94. The molecule has 1 N–H and O–H groups in total. The number of carbonyl (C=O) groups excluding carboxylic acids is 1. The zero-order chi connectivity index (χ0) is 16.8. The predicted octanol–water partition coefficient (Wildman–Crippen LogP) is 4.19. The van der Waals surface area contributed by atoms with Gasteiger partial charge in [0, 0.05) is 5.69 Å². The standard InChI is InChI=1S/C19H23NO3/c1-13(2)22-17-11-9-16(10-12-17)20-19(21)15(4)23-18-8-6-5-7-14(18)3/h5-13,15H,1-4H3,(H,20,21)/t15-/m0/s1. The van der Waals surface area contributed by atoms with Gasteiger partial charge in [0.1, 0.15) is 11.5 Å². The Morgan fingerprint density at radius 2 is 1.61 bits per heavy atom. The van der Waals surface area contributed by atoms with E-state index in [0.29, 0.717) is 5.69 Å². The Kier molecular flexibility index (Phi) is 5.63. The van der Waals surface area contributed by atoms with Gasteiger partial charge in [0.2, 0.25) is 0 Å². The number of nitrogens with one attached hydrogen (secondary N) is 1. The topological polar surface area (TPSA) is 47.6 Å². The van der Waals surface area contributed by atoms with Gasteiger partial charge in [0.05, 0.1) is 6.10 Å². The lowest BCUT2D eigenvalue weighted by Crippen LogP contribution is -2.30. The van der Waals surface area contributed by atoms with E-state index in [2.05, 4.69) is 5.32 Å². The summed E-state index contributed by atoms with van der Waals surface area (Å²) in [6.45, 7) is 7.63. The van der Waals surface area contributed by atoms with E-state index in [-0.39, 0.29) is 12.0 Å². The molecule has 0 aliphatic heterocycles. The van der Waals surface area contributed by atoms with Crippen molar-refractivity contribution in [3.63, 3.8) is 0 Å². The van der Waals surface area contributed by atoms with Crippen LogP contribution in [0.1, 0.15) is 26.3 Å². The third-order valence-corrected chi connectivity index (χ3v) is 3.26. The van der Waals surface area contributed by atoms with Crippen LogP contribution in [-0.4, -0.2) is 18.1 Å². The van der Waals surface area contributed by atoms with E-state index in [0.717, 1.165) is 17.1 Å². The molecule has 0 spiro atoms. The molecule has 2 aromatic rings. The highest BCUT2D eigenvalue weighted by atomic mass is 16.5. The normalized spacial score (nSPS) is 11.9. The second kappa shape index (κ2) is 7.68. The second-order valence-electron chi connectivity index (χ2n) is 5.71. The lowest BCUT2D eigenvalue weighted by Gasteiger charge is -2.16. The van der Waals surface area contributed by atoms with Crippen LogP contribution in [0.5, 0.6) is 11.5 Å². The van der Waals surface area contributed by atoms with Crippen LogP contribution >= 0.6 is 0 Å². The third-order valence-electron chi connectivity index (χ3n) is 3.26. The second-order valence-corrected chi connectivity index (χ2v) is 5.71. The highest BCUT2D eigenvalue weighted by Crippen LogP contribution is 2.20. The van der Waals surface area contributed by atoms with Gasteiger partial charge in [-0.1, -0.05) is 18.2 Å². The van der Waals surface area contributed by atoms with Crippen molar-refractivity contribution < 1.29 is 14.3 Å². The first kappa shape index (κ1) is 16.9. The van der Waals surface area contributed by atoms with E-state index in [4.69, 9.17) is 9.47 Å². The van der Waals surface area contributed by atoms with Crippen molar-refractivity contribution in [2.45, 2.75) is 39.9 Å². The average molecular weight is 313 g/mol. The molecule has 0 bridgehead atoms. The van der Waals surface area contributed by atoms with Gasteiger partial charge in [-0.05, 0) is 63.6 Å². The van der Waals surface area contributed by atoms with Gasteiger partial charge in [-0.2, -0.15) is 0 Å². The van der Waals surface area contributed by atoms with Gasteiger partial charge >= 0.3 is 0 Å². The first-order valence-electron chi connectivity index (χ1n) is 7.75. The number of para-hydroxylation sites is 1. The maximum atomic E-state index is 12.2. The van der Waals surface area contributed by atoms with Crippen LogP contribution in [0.25, 0.3) is 0 Å². The average Bonchev–Trinajstić information content (AvgIpc) is 2.51. The lowest BCUT2D eigenvalue weighted by molar-refractivity contribution is -0.122. The summed E-state index contributed by atoms with van der Waals surface area (Å²) >= 11 is 0. The Labute approximate surface area is 137 Å². The highest BCUT2D eigenvalue weighted by Gasteiger charge is 2.15. The maximum absolute atomic E-state index is 12.2. The summed E-state index contributed by atoms with van der Waals surface area (Å²) in [5.74, 6) is 1.31. The summed E-state index contributed by atoms with van der Waals surface area (Å²) < 4.78 is 11.3. The number of carbonyl (C=O) groups is 1. The van der Waals surface area contributed by atoms with Crippen LogP contribution in [0, 0.1) is 6.92 Å². The molecule has 0 saturated heterocycles. The van der Waals surface area contributed by atoms with Gasteiger partial charge < -0.3 is 14.8 Å². The van der Waals surface area contributed by atoms with E-state index < -0.39 is 6.10 Å². The molecule has 0 saturated carbocycles. The van der Waals surface area contributed by atoms with Crippen LogP contribution in [0.15, 0.2) is 48.5 Å². The SMILES string of the molecule is Cc1ccccc1O[C@@H](C)C(=O)Nc1ccc(OC(C)C)cc1. The number of anilines is 1. The molecule has 1 atom stereocenters. The van der Waals surface area contributed by atoms with Crippen molar-refractivity contribution in [3.05, 3.63) is 54.1 Å². The molecule has 4 heteroatoms. The quantitative estimate of drug-likeness (QED) is 0.870. The van der Waals surface area contributed by atoms with Crippen LogP contribution in [-0.2, 0) is 4.79 Å². The molecule has 4 nitrogen and oxygen atoms in total. The predicted molar refractivity (Wildman–Crippen MR) is 92.1 cm³/mol. The van der Waals surface area contributed by atoms with Crippen molar-refractivity contribution in [1.82, 2.24) is 0 Å². The molecule has 1 amide bonds. The van der Waals surface area contributed by atoms with E-state index >= 15 is 0 Å². The number of hydrogen-bond donors (Lipinski definition) is 1. The minimum Gasteiger partial charge on any atom is -0.491 e. The first-order chi connectivity index (χ1) is 11.0. The minimum absolute atomic E-state index is 0.123. The molecule has 122 valence electrons. The molecule has 0 radical (unpaired) electrons. The molecule has 0 unspecified atom stereocenters. The molecule has 0 fully saturated rings. The largest absolute Gasteiger partial charge is 0.491 e. The minimum atomic E-state index is -0.581. The van der Waals surface area contributed by atoms with Crippen LogP contribution in [0.4, 0.5) is 5.69 Å². The summed E-state index contributed by atoms with van der Waals surface area (Å²) in [6, 6.07) is 14.9. The fourth-order valence-electron chi connectivity index (χ4n) is 2.07. The first-order valence-corrected chi connectivity index (χ1v) is 7.75. The third kappa shape index (κ3) is 5.02. The maximum Gasteiger partial charge on any atom is 0.265 e. The Morgan fingerprint density at radius 1 is 0.957 bits per heavy atom. The molecule has 0 aliphatic carbocycles. The Bertz CT molecular complexity index is 650.